The summed E-state index contributed by atoms with van der Waals surface area (Å²) in [6.07, 6.45) is 3.75. The van der Waals surface area contributed by atoms with Crippen molar-refractivity contribution in [1.29, 1.82) is 0 Å². The first-order chi connectivity index (χ1) is 10.0. The van der Waals surface area contributed by atoms with Crippen molar-refractivity contribution < 1.29 is 8.42 Å². The zero-order chi connectivity index (χ0) is 14.9. The lowest BCUT2D eigenvalue weighted by molar-refractivity contribution is 0.388. The third-order valence-electron chi connectivity index (χ3n) is 4.43. The van der Waals surface area contributed by atoms with Gasteiger partial charge in [-0.15, -0.1) is 0 Å². The average molecular weight is 309 g/mol. The summed E-state index contributed by atoms with van der Waals surface area (Å²) in [6.45, 7) is 3.78. The number of nitrogens with zero attached hydrogens (tertiary/aromatic N) is 2. The van der Waals surface area contributed by atoms with E-state index in [0.29, 0.717) is 19.1 Å². The first-order valence-corrected chi connectivity index (χ1v) is 9.42. The Labute approximate surface area is 127 Å². The molecular weight excluding hydrogens is 286 g/mol. The van der Waals surface area contributed by atoms with Crippen LogP contribution >= 0.6 is 0 Å². The lowest BCUT2D eigenvalue weighted by atomic mass is 10.0. The van der Waals surface area contributed by atoms with Crippen LogP contribution in [0.5, 0.6) is 0 Å². The smallest absolute Gasteiger partial charge is 0.211 e. The minimum atomic E-state index is -3.05. The fourth-order valence-electron chi connectivity index (χ4n) is 3.16. The Bertz CT molecular complexity index is 571. The van der Waals surface area contributed by atoms with Gasteiger partial charge in [-0.3, -0.25) is 0 Å². The molecule has 0 amide bonds. The molecule has 1 aromatic carbocycles. The molecule has 6 heteroatoms. The predicted molar refractivity (Wildman–Crippen MR) is 85.0 cm³/mol. The molecule has 2 saturated heterocycles. The lowest BCUT2D eigenvalue weighted by Gasteiger charge is -2.34. The van der Waals surface area contributed by atoms with Gasteiger partial charge in [-0.25, -0.2) is 8.42 Å². The van der Waals surface area contributed by atoms with E-state index in [9.17, 15) is 8.42 Å². The molecule has 0 radical (unpaired) electrons. The van der Waals surface area contributed by atoms with Gasteiger partial charge in [-0.1, -0.05) is 12.1 Å². The fraction of sp³-hybridized carbons (Fsp3) is 0.600. The molecule has 2 aliphatic rings. The first kappa shape index (κ1) is 14.8. The SMILES string of the molecule is CS(=O)(=O)N1CCN(c2ccc(C3CCCN3)cc2)CC1. The Kier molecular flexibility index (Phi) is 4.19. The van der Waals surface area contributed by atoms with E-state index in [4.69, 9.17) is 0 Å². The number of rotatable bonds is 3. The first-order valence-electron chi connectivity index (χ1n) is 7.57. The Morgan fingerprint density at radius 3 is 2.29 bits per heavy atom. The molecule has 2 aliphatic heterocycles. The van der Waals surface area contributed by atoms with Crippen molar-refractivity contribution >= 4 is 15.7 Å². The molecule has 0 aromatic heterocycles. The summed E-state index contributed by atoms with van der Waals surface area (Å²) in [7, 11) is -3.05. The molecule has 21 heavy (non-hydrogen) atoms. The zero-order valence-corrected chi connectivity index (χ0v) is 13.3. The van der Waals surface area contributed by atoms with Crippen LogP contribution in [0.2, 0.25) is 0 Å². The van der Waals surface area contributed by atoms with Gasteiger partial charge in [0, 0.05) is 37.9 Å². The van der Waals surface area contributed by atoms with Gasteiger partial charge in [-0.2, -0.15) is 4.31 Å². The summed E-state index contributed by atoms with van der Waals surface area (Å²) in [5.41, 5.74) is 2.54. The van der Waals surface area contributed by atoms with Gasteiger partial charge in [0.25, 0.3) is 0 Å². The third kappa shape index (κ3) is 3.39. The van der Waals surface area contributed by atoms with Gasteiger partial charge in [0.2, 0.25) is 10.0 Å². The maximum absolute atomic E-state index is 11.5. The molecule has 0 saturated carbocycles. The van der Waals surface area contributed by atoms with E-state index < -0.39 is 10.0 Å². The zero-order valence-electron chi connectivity index (χ0n) is 12.5. The Morgan fingerprint density at radius 1 is 1.10 bits per heavy atom. The fourth-order valence-corrected chi connectivity index (χ4v) is 3.99. The van der Waals surface area contributed by atoms with E-state index in [-0.39, 0.29) is 0 Å². The summed E-state index contributed by atoms with van der Waals surface area (Å²) in [5, 5.41) is 3.51. The largest absolute Gasteiger partial charge is 0.369 e. The van der Waals surface area contributed by atoms with Crippen molar-refractivity contribution in [2.24, 2.45) is 0 Å². The minimum absolute atomic E-state index is 0.501. The summed E-state index contributed by atoms with van der Waals surface area (Å²) in [4.78, 5) is 2.26. The second-order valence-electron chi connectivity index (χ2n) is 5.89. The van der Waals surface area contributed by atoms with E-state index in [1.54, 1.807) is 4.31 Å². The highest BCUT2D eigenvalue weighted by atomic mass is 32.2. The van der Waals surface area contributed by atoms with Crippen LogP contribution in [0.1, 0.15) is 24.4 Å². The monoisotopic (exact) mass is 309 g/mol. The topological polar surface area (TPSA) is 52.7 Å². The molecule has 116 valence electrons. The van der Waals surface area contributed by atoms with Crippen LogP contribution in [-0.4, -0.2) is 51.7 Å². The standard InChI is InChI=1S/C15H23N3O2S/c1-21(19,20)18-11-9-17(10-12-18)14-6-4-13(5-7-14)15-3-2-8-16-15/h4-7,15-16H,2-3,8-12H2,1H3. The van der Waals surface area contributed by atoms with Gasteiger partial charge in [-0.05, 0) is 37.1 Å². The van der Waals surface area contributed by atoms with Crippen molar-refractivity contribution in [3.63, 3.8) is 0 Å². The highest BCUT2D eigenvalue weighted by Crippen LogP contribution is 2.25. The highest BCUT2D eigenvalue weighted by Gasteiger charge is 2.23. The van der Waals surface area contributed by atoms with Crippen molar-refractivity contribution in [3.05, 3.63) is 29.8 Å². The number of benzene rings is 1. The Hall–Kier alpha value is -1.11. The number of anilines is 1. The third-order valence-corrected chi connectivity index (χ3v) is 5.73. The van der Waals surface area contributed by atoms with Crippen LogP contribution in [-0.2, 0) is 10.0 Å². The normalized spacial score (nSPS) is 24.4. The van der Waals surface area contributed by atoms with Gasteiger partial charge < -0.3 is 10.2 Å². The Morgan fingerprint density at radius 2 is 1.76 bits per heavy atom. The van der Waals surface area contributed by atoms with Crippen LogP contribution in [0.25, 0.3) is 0 Å². The van der Waals surface area contributed by atoms with Gasteiger partial charge in [0.1, 0.15) is 0 Å². The number of hydrogen-bond acceptors (Lipinski definition) is 4. The van der Waals surface area contributed by atoms with E-state index in [0.717, 1.165) is 19.6 Å². The number of sulfonamides is 1. The predicted octanol–water partition coefficient (Wildman–Crippen LogP) is 1.19. The second-order valence-corrected chi connectivity index (χ2v) is 7.87. The molecule has 5 nitrogen and oxygen atoms in total. The van der Waals surface area contributed by atoms with Crippen LogP contribution in [0.15, 0.2) is 24.3 Å². The van der Waals surface area contributed by atoms with Crippen molar-refractivity contribution in [2.45, 2.75) is 18.9 Å². The quantitative estimate of drug-likeness (QED) is 0.911. The second kappa shape index (κ2) is 5.94. The Balaban J connectivity index is 1.63. The molecule has 2 heterocycles. The van der Waals surface area contributed by atoms with E-state index >= 15 is 0 Å². The van der Waals surface area contributed by atoms with E-state index in [1.807, 2.05) is 0 Å². The van der Waals surface area contributed by atoms with Gasteiger partial charge >= 0.3 is 0 Å². The van der Waals surface area contributed by atoms with E-state index in [1.165, 1.54) is 30.3 Å². The highest BCUT2D eigenvalue weighted by molar-refractivity contribution is 7.88. The van der Waals surface area contributed by atoms with Crippen molar-refractivity contribution in [3.8, 4) is 0 Å². The minimum Gasteiger partial charge on any atom is -0.369 e. The molecule has 0 spiro atoms. The molecular formula is C15H23N3O2S. The summed E-state index contributed by atoms with van der Waals surface area (Å²) in [6, 6.07) is 9.21. The van der Waals surface area contributed by atoms with Crippen molar-refractivity contribution in [2.75, 3.05) is 43.9 Å². The number of nitrogens with one attached hydrogen (secondary N) is 1. The van der Waals surface area contributed by atoms with Crippen LogP contribution < -0.4 is 10.2 Å². The summed E-state index contributed by atoms with van der Waals surface area (Å²) < 4.78 is 24.6. The van der Waals surface area contributed by atoms with Crippen molar-refractivity contribution in [1.82, 2.24) is 9.62 Å². The maximum atomic E-state index is 11.5. The van der Waals surface area contributed by atoms with Gasteiger partial charge in [0.05, 0.1) is 6.26 Å². The molecule has 1 atom stereocenters. The van der Waals surface area contributed by atoms with Gasteiger partial charge in [0.15, 0.2) is 0 Å². The summed E-state index contributed by atoms with van der Waals surface area (Å²) in [5.74, 6) is 0. The number of piperazine rings is 1. The van der Waals surface area contributed by atoms with Crippen LogP contribution in [0, 0.1) is 0 Å². The molecule has 1 aromatic rings. The maximum Gasteiger partial charge on any atom is 0.211 e. The number of hydrogen-bond donors (Lipinski definition) is 1. The average Bonchev–Trinajstić information content (AvgIpc) is 3.01. The summed E-state index contributed by atoms with van der Waals surface area (Å²) >= 11 is 0. The molecule has 2 fully saturated rings. The molecule has 0 bridgehead atoms. The van der Waals surface area contributed by atoms with E-state index in [2.05, 4.69) is 34.5 Å². The molecule has 3 rings (SSSR count). The molecule has 1 N–H and O–H groups in total. The molecule has 1 unspecified atom stereocenters. The lowest BCUT2D eigenvalue weighted by Crippen LogP contribution is -2.48. The molecule has 0 aliphatic carbocycles. The van der Waals surface area contributed by atoms with Crippen LogP contribution in [0.4, 0.5) is 5.69 Å². The van der Waals surface area contributed by atoms with Crippen LogP contribution in [0.3, 0.4) is 0 Å².